The first kappa shape index (κ1) is 33.5. The van der Waals surface area contributed by atoms with E-state index in [-0.39, 0.29) is 30.5 Å². The zero-order chi connectivity index (χ0) is 30.8. The molecule has 3 N–H and O–H groups in total. The van der Waals surface area contributed by atoms with Crippen molar-refractivity contribution in [2.75, 3.05) is 32.8 Å². The topological polar surface area (TPSA) is 73.8 Å². The lowest BCUT2D eigenvalue weighted by atomic mass is 9.94. The number of piperidine rings is 1. The summed E-state index contributed by atoms with van der Waals surface area (Å²) in [6, 6.07) is 10.9. The fraction of sp³-hybridized carbons (Fsp3) is 0.629. The molecule has 43 heavy (non-hydrogen) atoms. The molecule has 1 amide bonds. The molecule has 1 aliphatic heterocycles. The molecule has 4 rings (SSSR count). The van der Waals surface area contributed by atoms with Crippen molar-refractivity contribution >= 4 is 5.91 Å². The van der Waals surface area contributed by atoms with E-state index in [1.54, 1.807) is 0 Å². The molecule has 0 radical (unpaired) electrons. The van der Waals surface area contributed by atoms with Gasteiger partial charge < -0.3 is 20.5 Å². The van der Waals surface area contributed by atoms with E-state index in [2.05, 4.69) is 53.6 Å². The molecule has 3 atom stereocenters. The van der Waals surface area contributed by atoms with Crippen molar-refractivity contribution < 1.29 is 23.4 Å². The van der Waals surface area contributed by atoms with Crippen LogP contribution in [0.3, 0.4) is 0 Å². The first-order valence-corrected chi connectivity index (χ1v) is 16.4. The van der Waals surface area contributed by atoms with E-state index in [1.165, 1.54) is 23.3 Å². The van der Waals surface area contributed by atoms with Crippen LogP contribution in [0.2, 0.25) is 0 Å². The van der Waals surface area contributed by atoms with E-state index in [4.69, 9.17) is 4.74 Å². The minimum atomic E-state index is -0.953. The molecule has 1 heterocycles. The Morgan fingerprint density at radius 2 is 1.79 bits per heavy atom. The predicted molar refractivity (Wildman–Crippen MR) is 167 cm³/mol. The highest BCUT2D eigenvalue weighted by molar-refractivity contribution is 5.82. The quantitative estimate of drug-likeness (QED) is 0.224. The Morgan fingerprint density at radius 3 is 2.42 bits per heavy atom. The monoisotopic (exact) mass is 599 g/mol. The summed E-state index contributed by atoms with van der Waals surface area (Å²) in [5.74, 6) is -0.968. The number of halogens is 2. The van der Waals surface area contributed by atoms with Crippen molar-refractivity contribution in [1.82, 2.24) is 15.5 Å². The number of ether oxygens (including phenoxy) is 1. The Labute approximate surface area is 256 Å². The normalized spacial score (nSPS) is 19.1. The Kier molecular flexibility index (Phi) is 12.5. The molecule has 0 unspecified atom stereocenters. The number of benzene rings is 2. The van der Waals surface area contributed by atoms with E-state index in [1.807, 2.05) is 6.92 Å². The number of hydrogen-bond acceptors (Lipinski definition) is 5. The molecule has 0 bridgehead atoms. The molecule has 2 aromatic rings. The van der Waals surface area contributed by atoms with Crippen molar-refractivity contribution in [1.29, 1.82) is 0 Å². The highest BCUT2D eigenvalue weighted by Gasteiger charge is 2.44. The van der Waals surface area contributed by atoms with Crippen LogP contribution < -0.4 is 10.6 Å². The second kappa shape index (κ2) is 16.1. The SMILES string of the molecule is CCCC[C@@H](C(=O)N[C@@H](Cc1cc(F)cc(F)c1)[C@@H](O)CNC1(c2cccc(CC)c2)CC1)N1CCC(COCC)CC1. The summed E-state index contributed by atoms with van der Waals surface area (Å²) >= 11 is 0. The number of nitrogens with one attached hydrogen (secondary N) is 2. The number of aliphatic hydroxyl groups excluding tert-OH is 1. The van der Waals surface area contributed by atoms with Crippen molar-refractivity contribution in [3.8, 4) is 0 Å². The maximum absolute atomic E-state index is 14.1. The third-order valence-corrected chi connectivity index (χ3v) is 9.24. The van der Waals surface area contributed by atoms with Crippen LogP contribution in [0.15, 0.2) is 42.5 Å². The third kappa shape index (κ3) is 9.55. The molecule has 238 valence electrons. The number of likely N-dealkylation sites (tertiary alicyclic amines) is 1. The first-order valence-electron chi connectivity index (χ1n) is 16.4. The van der Waals surface area contributed by atoms with Crippen molar-refractivity contribution in [3.63, 3.8) is 0 Å². The van der Waals surface area contributed by atoms with Crippen LogP contribution in [0.1, 0.15) is 82.4 Å². The van der Waals surface area contributed by atoms with E-state index < -0.39 is 23.8 Å². The molecule has 0 spiro atoms. The molecule has 1 saturated heterocycles. The molecule has 0 aromatic heterocycles. The number of unbranched alkanes of at least 4 members (excludes halogenated alkanes) is 1. The Hall–Kier alpha value is -2.39. The standard InChI is InChI=1S/C35H51F2N3O3/c1-4-7-11-32(40-16-12-26(13-17-40)24-43-6-3)34(42)39-31(21-27-19-29(36)22-30(37)20-27)33(41)23-38-35(14-15-35)28-10-8-9-25(5-2)18-28/h8-10,18-20,22,26,31-33,38,41H,4-7,11-17,21,23-24H2,1-3H3,(H,39,42)/t31-,32-,33-/m0/s1. The number of hydrogen-bond donors (Lipinski definition) is 3. The van der Waals surface area contributed by atoms with Crippen LogP contribution in [0.5, 0.6) is 0 Å². The molecular formula is C35H51F2N3O3. The van der Waals surface area contributed by atoms with Gasteiger partial charge in [0, 0.05) is 31.4 Å². The van der Waals surface area contributed by atoms with Gasteiger partial charge >= 0.3 is 0 Å². The van der Waals surface area contributed by atoms with Crippen LogP contribution in [-0.4, -0.2) is 66.9 Å². The molecule has 2 fully saturated rings. The molecule has 1 aliphatic carbocycles. The fourth-order valence-corrected chi connectivity index (χ4v) is 6.36. The van der Waals surface area contributed by atoms with Gasteiger partial charge in [0.15, 0.2) is 0 Å². The van der Waals surface area contributed by atoms with Crippen LogP contribution in [0.25, 0.3) is 0 Å². The number of carbonyl (C=O) groups excluding carboxylic acids is 1. The van der Waals surface area contributed by atoms with Crippen LogP contribution >= 0.6 is 0 Å². The van der Waals surface area contributed by atoms with Gasteiger partial charge in [0.25, 0.3) is 0 Å². The van der Waals surface area contributed by atoms with Crippen molar-refractivity contribution in [3.05, 3.63) is 70.8 Å². The van der Waals surface area contributed by atoms with E-state index in [9.17, 15) is 18.7 Å². The highest BCUT2D eigenvalue weighted by Crippen LogP contribution is 2.45. The molecule has 8 heteroatoms. The summed E-state index contributed by atoms with van der Waals surface area (Å²) in [4.78, 5) is 16.2. The van der Waals surface area contributed by atoms with Gasteiger partial charge in [-0.25, -0.2) is 8.78 Å². The fourth-order valence-electron chi connectivity index (χ4n) is 6.36. The van der Waals surface area contributed by atoms with Gasteiger partial charge in [-0.05, 0) is 99.7 Å². The summed E-state index contributed by atoms with van der Waals surface area (Å²) in [7, 11) is 0. The van der Waals surface area contributed by atoms with Gasteiger partial charge in [-0.1, -0.05) is 51.0 Å². The van der Waals surface area contributed by atoms with Gasteiger partial charge in [-0.2, -0.15) is 0 Å². The predicted octanol–water partition coefficient (Wildman–Crippen LogP) is 5.50. The summed E-state index contributed by atoms with van der Waals surface area (Å²) in [6.07, 6.45) is 6.65. The lowest BCUT2D eigenvalue weighted by Crippen LogP contribution is -2.56. The Bertz CT molecular complexity index is 1150. The second-order valence-corrected chi connectivity index (χ2v) is 12.5. The van der Waals surface area contributed by atoms with Crippen LogP contribution in [-0.2, 0) is 27.9 Å². The van der Waals surface area contributed by atoms with E-state index >= 15 is 0 Å². The van der Waals surface area contributed by atoms with Crippen molar-refractivity contribution in [2.45, 2.75) is 102 Å². The van der Waals surface area contributed by atoms with Gasteiger partial charge in [0.1, 0.15) is 11.6 Å². The summed E-state index contributed by atoms with van der Waals surface area (Å²) < 4.78 is 33.9. The number of aliphatic hydroxyl groups is 1. The molecule has 2 aromatic carbocycles. The van der Waals surface area contributed by atoms with E-state index in [0.717, 1.165) is 77.1 Å². The van der Waals surface area contributed by atoms with Gasteiger partial charge in [-0.3, -0.25) is 9.69 Å². The lowest BCUT2D eigenvalue weighted by molar-refractivity contribution is -0.129. The number of nitrogens with zero attached hydrogens (tertiary/aromatic N) is 1. The number of rotatable bonds is 17. The number of aryl methyl sites for hydroxylation is 1. The van der Waals surface area contributed by atoms with Gasteiger partial charge in [0.2, 0.25) is 5.91 Å². The van der Waals surface area contributed by atoms with Gasteiger partial charge in [-0.15, -0.1) is 0 Å². The number of carbonyl (C=O) groups is 1. The third-order valence-electron chi connectivity index (χ3n) is 9.24. The summed E-state index contributed by atoms with van der Waals surface area (Å²) in [5.41, 5.74) is 2.69. The summed E-state index contributed by atoms with van der Waals surface area (Å²) in [6.45, 7) is 9.62. The zero-order valence-electron chi connectivity index (χ0n) is 26.2. The highest BCUT2D eigenvalue weighted by atomic mass is 19.1. The first-order chi connectivity index (χ1) is 20.8. The maximum Gasteiger partial charge on any atom is 0.237 e. The molecule has 6 nitrogen and oxygen atoms in total. The van der Waals surface area contributed by atoms with Gasteiger partial charge in [0.05, 0.1) is 18.2 Å². The van der Waals surface area contributed by atoms with Crippen LogP contribution in [0, 0.1) is 17.6 Å². The van der Waals surface area contributed by atoms with Crippen LogP contribution in [0.4, 0.5) is 8.78 Å². The summed E-state index contributed by atoms with van der Waals surface area (Å²) in [5, 5.41) is 18.2. The second-order valence-electron chi connectivity index (χ2n) is 12.5. The minimum absolute atomic E-state index is 0.124. The zero-order valence-corrected chi connectivity index (χ0v) is 26.2. The average Bonchev–Trinajstić information content (AvgIpc) is 3.80. The maximum atomic E-state index is 14.1. The minimum Gasteiger partial charge on any atom is -0.390 e. The van der Waals surface area contributed by atoms with E-state index in [0.29, 0.717) is 18.1 Å². The lowest BCUT2D eigenvalue weighted by Gasteiger charge is -2.38. The average molecular weight is 600 g/mol. The molecule has 1 saturated carbocycles. The Morgan fingerprint density at radius 1 is 1.07 bits per heavy atom. The molecular weight excluding hydrogens is 548 g/mol. The number of amides is 1. The largest absolute Gasteiger partial charge is 0.390 e. The molecule has 2 aliphatic rings. The smallest absolute Gasteiger partial charge is 0.237 e. The van der Waals surface area contributed by atoms with Crippen molar-refractivity contribution in [2.24, 2.45) is 5.92 Å². The Balaban J connectivity index is 1.47.